The molecule has 2 atom stereocenters. The van der Waals surface area contributed by atoms with Crippen molar-refractivity contribution >= 4 is 45.5 Å². The summed E-state index contributed by atoms with van der Waals surface area (Å²) < 4.78 is 46.6. The molecule has 1 aromatic heterocycles. The van der Waals surface area contributed by atoms with Gasteiger partial charge in [0.25, 0.3) is 0 Å². The van der Waals surface area contributed by atoms with Crippen LogP contribution in [-0.2, 0) is 10.9 Å². The number of nitrogens with one attached hydrogen (secondary N) is 1. The summed E-state index contributed by atoms with van der Waals surface area (Å²) in [5, 5.41) is 3.24. The average Bonchev–Trinajstić information content (AvgIpc) is 3.44. The summed E-state index contributed by atoms with van der Waals surface area (Å²) in [7, 11) is 0. The summed E-state index contributed by atoms with van der Waals surface area (Å²) in [5.41, 5.74) is 1.85. The number of likely N-dealkylation sites (tertiary alicyclic amines) is 1. The first-order valence-corrected chi connectivity index (χ1v) is 23.2. The minimum absolute atomic E-state index is 0.125. The second-order valence-corrected chi connectivity index (χ2v) is 26.9. The number of benzene rings is 1. The van der Waals surface area contributed by atoms with Gasteiger partial charge in [-0.15, -0.1) is 0 Å². The van der Waals surface area contributed by atoms with E-state index in [0.717, 1.165) is 48.9 Å². The number of ether oxygens (including phenoxy) is 1. The Morgan fingerprint density at radius 3 is 2.37 bits per heavy atom. The number of alkyl halides is 3. The van der Waals surface area contributed by atoms with Gasteiger partial charge in [0.1, 0.15) is 5.60 Å². The third-order valence-electron chi connectivity index (χ3n) is 7.30. The first kappa shape index (κ1) is 27.3. The Morgan fingerprint density at radius 1 is 1.11 bits per heavy atom. The van der Waals surface area contributed by atoms with Crippen molar-refractivity contribution in [2.75, 3.05) is 23.3 Å². The Balaban J connectivity index is 1.36. The number of hydrogen-bond donors (Lipinski definition) is 1. The molecule has 3 heterocycles. The number of rotatable bonds is 5. The summed E-state index contributed by atoms with van der Waals surface area (Å²) in [6.45, 7) is 7.03. The molecule has 2 saturated heterocycles. The molecule has 11 heteroatoms. The average molecular weight is 638 g/mol. The summed E-state index contributed by atoms with van der Waals surface area (Å²) in [6.07, 6.45) is -0.720. The first-order valence-electron chi connectivity index (χ1n) is 13.2. The normalized spacial score (nSPS) is 21.7. The van der Waals surface area contributed by atoms with E-state index in [-0.39, 0.29) is 27.8 Å². The van der Waals surface area contributed by atoms with Gasteiger partial charge in [0.2, 0.25) is 0 Å². The molecule has 206 valence electrons. The molecule has 3 fully saturated rings. The van der Waals surface area contributed by atoms with E-state index in [9.17, 15) is 18.0 Å². The van der Waals surface area contributed by atoms with Crippen molar-refractivity contribution in [3.05, 3.63) is 35.5 Å². The van der Waals surface area contributed by atoms with Crippen LogP contribution in [0.2, 0.25) is 14.8 Å². The molecule has 7 nitrogen and oxygen atoms in total. The van der Waals surface area contributed by atoms with E-state index in [0.29, 0.717) is 12.5 Å². The Hall–Kier alpha value is -2.24. The van der Waals surface area contributed by atoms with E-state index in [2.05, 4.69) is 26.3 Å². The molecule has 1 aliphatic carbocycles. The fourth-order valence-electron chi connectivity index (χ4n) is 5.44. The van der Waals surface area contributed by atoms with Crippen LogP contribution < -0.4 is 13.9 Å². The molecule has 1 N–H and O–H groups in total. The second-order valence-electron chi connectivity index (χ2n) is 12.7. The van der Waals surface area contributed by atoms with Crippen LogP contribution in [0.3, 0.4) is 0 Å². The van der Waals surface area contributed by atoms with E-state index in [1.54, 1.807) is 0 Å². The van der Waals surface area contributed by atoms with Crippen LogP contribution in [-0.4, -0.2) is 70.1 Å². The molecule has 0 unspecified atom stereocenters. The number of nitrogens with zero attached hydrogens (tertiary/aromatic N) is 4. The van der Waals surface area contributed by atoms with Crippen molar-refractivity contribution in [1.29, 1.82) is 0 Å². The van der Waals surface area contributed by atoms with E-state index >= 15 is 0 Å². The molecule has 38 heavy (non-hydrogen) atoms. The molecule has 5 rings (SSSR count). The van der Waals surface area contributed by atoms with E-state index < -0.39 is 35.7 Å². The summed E-state index contributed by atoms with van der Waals surface area (Å²) in [6, 6.07) is 6.58. The molecular formula is C27H36F3N5O2Sn. The summed E-state index contributed by atoms with van der Waals surface area (Å²) in [4.78, 5) is 31.1. The number of piperazine rings is 1. The summed E-state index contributed by atoms with van der Waals surface area (Å²) >= 11 is -3.18. The molecule has 0 radical (unpaired) electrons. The Morgan fingerprint density at radius 2 is 1.82 bits per heavy atom. The number of anilines is 3. The van der Waals surface area contributed by atoms with Crippen LogP contribution >= 0.6 is 0 Å². The molecule has 1 amide bonds. The molecule has 2 aliphatic heterocycles. The molecule has 1 saturated carbocycles. The molecule has 1 aromatic carbocycles. The molecule has 2 bridgehead atoms. The van der Waals surface area contributed by atoms with Gasteiger partial charge in [-0.1, -0.05) is 0 Å². The first-order chi connectivity index (χ1) is 17.6. The van der Waals surface area contributed by atoms with Crippen molar-refractivity contribution in [2.45, 2.75) is 84.6 Å². The third kappa shape index (κ3) is 5.69. The standard InChI is InChI=1S/C24H27F3N5O2.3CH3.Sn/c1-23(2,3)34-22(33)32-13-17-8-18(32)12-31(17)16-6-7-20(19(9-16)14-4-5-14)30-21-28-10-15(11-29-21)24(25,26)27;;;;/h6-7,9-10,14,17-18H,4-5,8,12-13H2,1-3H3,(H,28,29,30);3*1H3;/t17-,18-;;;;/m1..../s1. The van der Waals surface area contributed by atoms with Crippen LogP contribution in [0.4, 0.5) is 35.3 Å². The summed E-state index contributed by atoms with van der Waals surface area (Å²) in [5.74, 6) is 0.619. The van der Waals surface area contributed by atoms with Gasteiger partial charge < -0.3 is 4.74 Å². The third-order valence-corrected chi connectivity index (χ3v) is 12.4. The zero-order chi connectivity index (χ0) is 27.6. The van der Waals surface area contributed by atoms with E-state index in [4.69, 9.17) is 4.74 Å². The number of carbonyl (C=O) groups is 1. The quantitative estimate of drug-likeness (QED) is 0.414. The SMILES string of the molecule is CC(C)(C)OC(=O)N1C[C@H]2C[C@@H]1CN2c1ccc(Nc2ncc(C(F)(F)F)[c]([Sn]([CH3])([CH3])[CH3])n2)c(C2CC2)c1. The van der Waals surface area contributed by atoms with Gasteiger partial charge >= 0.3 is 191 Å². The predicted octanol–water partition coefficient (Wildman–Crippen LogP) is 5.86. The van der Waals surface area contributed by atoms with E-state index in [1.807, 2.05) is 52.6 Å². The maximum absolute atomic E-state index is 13.6. The Kier molecular flexibility index (Phi) is 6.79. The van der Waals surface area contributed by atoms with E-state index in [1.165, 1.54) is 0 Å². The number of aromatic nitrogens is 2. The Bertz CT molecular complexity index is 1240. The van der Waals surface area contributed by atoms with Crippen LogP contribution in [0.1, 0.15) is 57.1 Å². The van der Waals surface area contributed by atoms with Crippen LogP contribution in [0.25, 0.3) is 0 Å². The fraction of sp³-hybridized carbons (Fsp3) is 0.593. The van der Waals surface area contributed by atoms with Gasteiger partial charge in [0.15, 0.2) is 0 Å². The fourth-order valence-corrected chi connectivity index (χ4v) is 9.60. The Labute approximate surface area is 226 Å². The van der Waals surface area contributed by atoms with Crippen LogP contribution in [0.5, 0.6) is 0 Å². The number of hydrogen-bond acceptors (Lipinski definition) is 6. The number of amides is 1. The minimum atomic E-state index is -4.47. The van der Waals surface area contributed by atoms with Gasteiger partial charge in [-0.3, -0.25) is 0 Å². The van der Waals surface area contributed by atoms with Crippen molar-refractivity contribution < 1.29 is 22.7 Å². The van der Waals surface area contributed by atoms with Gasteiger partial charge in [-0.2, -0.15) is 0 Å². The van der Waals surface area contributed by atoms with Crippen molar-refractivity contribution in [1.82, 2.24) is 14.9 Å². The van der Waals surface area contributed by atoms with Crippen molar-refractivity contribution in [2.24, 2.45) is 0 Å². The molecule has 0 spiro atoms. The van der Waals surface area contributed by atoms with Crippen LogP contribution in [0.15, 0.2) is 24.4 Å². The molecule has 3 aliphatic rings. The predicted molar refractivity (Wildman–Crippen MR) is 144 cm³/mol. The number of halogens is 3. The molecule has 2 aromatic rings. The van der Waals surface area contributed by atoms with Crippen molar-refractivity contribution in [3.8, 4) is 0 Å². The van der Waals surface area contributed by atoms with Gasteiger partial charge in [0, 0.05) is 0 Å². The van der Waals surface area contributed by atoms with Crippen LogP contribution in [0, 0.1) is 0 Å². The maximum atomic E-state index is 13.6. The van der Waals surface area contributed by atoms with Gasteiger partial charge in [-0.05, 0) is 20.8 Å². The molecular weight excluding hydrogens is 602 g/mol. The zero-order valence-corrected chi connectivity index (χ0v) is 25.7. The zero-order valence-electron chi connectivity index (χ0n) is 22.8. The van der Waals surface area contributed by atoms with Crippen molar-refractivity contribution in [3.63, 3.8) is 0 Å². The monoisotopic (exact) mass is 639 g/mol. The van der Waals surface area contributed by atoms with Gasteiger partial charge in [-0.25, -0.2) is 4.79 Å². The number of carbonyl (C=O) groups excluding carboxylic acids is 1. The number of fused-ring (bicyclic) bond motifs is 2. The topological polar surface area (TPSA) is 70.6 Å². The second kappa shape index (κ2) is 9.45. The van der Waals surface area contributed by atoms with Gasteiger partial charge in [0.05, 0.1) is 0 Å².